The highest BCUT2D eigenvalue weighted by atomic mass is 32.1. The maximum absolute atomic E-state index is 11.8. The molecule has 3 rings (SSSR count). The van der Waals surface area contributed by atoms with E-state index in [1.165, 1.54) is 4.88 Å². The van der Waals surface area contributed by atoms with Gasteiger partial charge in [0.1, 0.15) is 0 Å². The Kier molecular flexibility index (Phi) is 5.18. The van der Waals surface area contributed by atoms with Crippen molar-refractivity contribution in [2.24, 2.45) is 0 Å². The molecule has 0 unspecified atom stereocenters. The van der Waals surface area contributed by atoms with Gasteiger partial charge in [-0.25, -0.2) is 9.78 Å². The van der Waals surface area contributed by atoms with Crippen LogP contribution in [0.3, 0.4) is 0 Å². The van der Waals surface area contributed by atoms with Crippen molar-refractivity contribution in [1.29, 1.82) is 0 Å². The van der Waals surface area contributed by atoms with Crippen LogP contribution >= 0.6 is 11.3 Å². The molecule has 0 aliphatic carbocycles. The van der Waals surface area contributed by atoms with E-state index in [-0.39, 0.29) is 6.03 Å². The fraction of sp³-hybridized carbons (Fsp3) is 0.167. The van der Waals surface area contributed by atoms with Crippen molar-refractivity contribution < 1.29 is 4.79 Å². The Balaban J connectivity index is 1.53. The highest BCUT2D eigenvalue weighted by Crippen LogP contribution is 2.27. The summed E-state index contributed by atoms with van der Waals surface area (Å²) in [6, 6.07) is 13.4. The molecule has 5 nitrogen and oxygen atoms in total. The Morgan fingerprint density at radius 2 is 1.88 bits per heavy atom. The van der Waals surface area contributed by atoms with E-state index in [2.05, 4.69) is 34.7 Å². The van der Waals surface area contributed by atoms with Crippen LogP contribution in [0.25, 0.3) is 11.3 Å². The highest BCUT2D eigenvalue weighted by molar-refractivity contribution is 7.12. The predicted molar refractivity (Wildman–Crippen MR) is 97.2 cm³/mol. The van der Waals surface area contributed by atoms with Crippen molar-refractivity contribution in [2.75, 3.05) is 11.9 Å². The fourth-order valence-electron chi connectivity index (χ4n) is 2.32. The molecule has 0 spiro atoms. The second-order valence-corrected chi connectivity index (χ2v) is 6.53. The third kappa shape index (κ3) is 4.17. The first-order valence-electron chi connectivity index (χ1n) is 7.69. The van der Waals surface area contributed by atoms with E-state index in [9.17, 15) is 4.79 Å². The summed E-state index contributed by atoms with van der Waals surface area (Å²) in [6.07, 6.45) is 3.99. The van der Waals surface area contributed by atoms with Gasteiger partial charge in [0, 0.05) is 41.5 Å². The summed E-state index contributed by atoms with van der Waals surface area (Å²) in [5.74, 6) is 0. The number of aromatic nitrogens is 2. The Morgan fingerprint density at radius 1 is 1.12 bits per heavy atom. The third-order valence-electron chi connectivity index (χ3n) is 3.45. The molecule has 0 saturated carbocycles. The number of benzene rings is 1. The zero-order valence-corrected chi connectivity index (χ0v) is 14.1. The van der Waals surface area contributed by atoms with Crippen molar-refractivity contribution in [1.82, 2.24) is 15.3 Å². The number of hydrogen-bond donors (Lipinski definition) is 2. The van der Waals surface area contributed by atoms with Gasteiger partial charge in [-0.3, -0.25) is 4.98 Å². The Morgan fingerprint density at radius 3 is 2.62 bits per heavy atom. The number of thiazole rings is 1. The largest absolute Gasteiger partial charge is 0.337 e. The lowest BCUT2D eigenvalue weighted by molar-refractivity contribution is 0.252. The van der Waals surface area contributed by atoms with Crippen molar-refractivity contribution in [3.63, 3.8) is 0 Å². The zero-order valence-electron chi connectivity index (χ0n) is 13.3. The maximum atomic E-state index is 11.8. The molecule has 2 N–H and O–H groups in total. The van der Waals surface area contributed by atoms with E-state index in [0.29, 0.717) is 13.0 Å². The summed E-state index contributed by atoms with van der Waals surface area (Å²) in [4.78, 5) is 21.6. The second kappa shape index (κ2) is 7.70. The molecule has 122 valence electrons. The zero-order chi connectivity index (χ0) is 16.8. The molecular formula is C18H18N4OS. The van der Waals surface area contributed by atoms with Gasteiger partial charge in [-0.05, 0) is 19.1 Å². The summed E-state index contributed by atoms with van der Waals surface area (Å²) < 4.78 is 0. The average molecular weight is 338 g/mol. The molecule has 2 aromatic heterocycles. The minimum absolute atomic E-state index is 0.224. The van der Waals surface area contributed by atoms with Crippen LogP contribution in [0, 0.1) is 6.92 Å². The number of aryl methyl sites for hydroxylation is 1. The van der Waals surface area contributed by atoms with Gasteiger partial charge in [0.15, 0.2) is 0 Å². The number of anilines is 1. The first-order valence-corrected chi connectivity index (χ1v) is 8.50. The number of carbonyl (C=O) groups is 1. The lowest BCUT2D eigenvalue weighted by Crippen LogP contribution is -2.30. The van der Waals surface area contributed by atoms with E-state index < -0.39 is 0 Å². The number of pyridine rings is 1. The first-order chi connectivity index (χ1) is 11.7. The van der Waals surface area contributed by atoms with Gasteiger partial charge in [0.05, 0.1) is 10.7 Å². The van der Waals surface area contributed by atoms with Crippen LogP contribution in [0.5, 0.6) is 0 Å². The smallest absolute Gasteiger partial charge is 0.319 e. The van der Waals surface area contributed by atoms with Gasteiger partial charge < -0.3 is 10.6 Å². The number of hydrogen-bond acceptors (Lipinski definition) is 4. The van der Waals surface area contributed by atoms with Crippen molar-refractivity contribution in [3.05, 3.63) is 64.7 Å². The van der Waals surface area contributed by atoms with Gasteiger partial charge >= 0.3 is 6.03 Å². The normalized spacial score (nSPS) is 10.4. The Bertz CT molecular complexity index is 802. The van der Waals surface area contributed by atoms with Crippen LogP contribution in [-0.2, 0) is 6.42 Å². The number of urea groups is 1. The molecular weight excluding hydrogens is 320 g/mol. The van der Waals surface area contributed by atoms with Crippen LogP contribution in [-0.4, -0.2) is 22.5 Å². The summed E-state index contributed by atoms with van der Waals surface area (Å²) >= 11 is 1.67. The number of rotatable bonds is 5. The summed E-state index contributed by atoms with van der Waals surface area (Å²) in [7, 11) is 0. The lowest BCUT2D eigenvalue weighted by Gasteiger charge is -2.06. The highest BCUT2D eigenvalue weighted by Gasteiger charge is 2.09. The number of carbonyl (C=O) groups excluding carboxylic acids is 1. The minimum atomic E-state index is -0.224. The van der Waals surface area contributed by atoms with Crippen molar-refractivity contribution >= 4 is 23.1 Å². The standard InChI is InChI=1S/C18H18N4OS/c1-13-17(14-5-3-2-4-6-14)22-16(24-13)9-12-20-18(23)21-15-7-10-19-11-8-15/h2-8,10-11H,9,12H2,1H3,(H2,19,20,21,23). The van der Waals surface area contributed by atoms with E-state index >= 15 is 0 Å². The molecule has 0 aliphatic rings. The molecule has 0 atom stereocenters. The Hall–Kier alpha value is -2.73. The van der Waals surface area contributed by atoms with Gasteiger partial charge in [-0.15, -0.1) is 11.3 Å². The molecule has 0 fully saturated rings. The Labute approximate surface area is 144 Å². The average Bonchev–Trinajstić information content (AvgIpc) is 2.97. The van der Waals surface area contributed by atoms with E-state index in [1.54, 1.807) is 35.9 Å². The molecule has 0 saturated heterocycles. The van der Waals surface area contributed by atoms with E-state index in [4.69, 9.17) is 4.98 Å². The van der Waals surface area contributed by atoms with Gasteiger partial charge in [-0.2, -0.15) is 0 Å². The summed E-state index contributed by atoms with van der Waals surface area (Å²) in [5, 5.41) is 6.63. The molecule has 0 aliphatic heterocycles. The molecule has 6 heteroatoms. The minimum Gasteiger partial charge on any atom is -0.337 e. The third-order valence-corrected chi connectivity index (χ3v) is 4.48. The predicted octanol–water partition coefficient (Wildman–Crippen LogP) is 3.88. The van der Waals surface area contributed by atoms with Crippen molar-refractivity contribution in [2.45, 2.75) is 13.3 Å². The number of amides is 2. The molecule has 0 radical (unpaired) electrons. The first kappa shape index (κ1) is 16.1. The van der Waals surface area contributed by atoms with Gasteiger partial charge in [-0.1, -0.05) is 30.3 Å². The molecule has 2 heterocycles. The lowest BCUT2D eigenvalue weighted by atomic mass is 10.1. The summed E-state index contributed by atoms with van der Waals surface area (Å²) in [6.45, 7) is 2.62. The van der Waals surface area contributed by atoms with E-state index in [0.717, 1.165) is 22.0 Å². The topological polar surface area (TPSA) is 66.9 Å². The number of nitrogens with zero attached hydrogens (tertiary/aromatic N) is 2. The number of nitrogens with one attached hydrogen (secondary N) is 2. The van der Waals surface area contributed by atoms with E-state index in [1.807, 2.05) is 18.2 Å². The van der Waals surface area contributed by atoms with Crippen LogP contribution in [0.4, 0.5) is 10.5 Å². The molecule has 2 amide bonds. The molecule has 0 bridgehead atoms. The maximum Gasteiger partial charge on any atom is 0.319 e. The summed E-state index contributed by atoms with van der Waals surface area (Å²) in [5.41, 5.74) is 2.87. The van der Waals surface area contributed by atoms with Crippen LogP contribution in [0.2, 0.25) is 0 Å². The van der Waals surface area contributed by atoms with Crippen LogP contribution in [0.1, 0.15) is 9.88 Å². The molecule has 1 aromatic carbocycles. The quantitative estimate of drug-likeness (QED) is 0.742. The van der Waals surface area contributed by atoms with Crippen LogP contribution in [0.15, 0.2) is 54.9 Å². The molecule has 24 heavy (non-hydrogen) atoms. The SMILES string of the molecule is Cc1sc(CCNC(=O)Nc2ccncc2)nc1-c1ccccc1. The van der Waals surface area contributed by atoms with Crippen molar-refractivity contribution in [3.8, 4) is 11.3 Å². The molecule has 3 aromatic rings. The fourth-order valence-corrected chi connectivity index (χ4v) is 3.27. The van der Waals surface area contributed by atoms with Crippen LogP contribution < -0.4 is 10.6 Å². The van der Waals surface area contributed by atoms with Gasteiger partial charge in [0.2, 0.25) is 0 Å². The monoisotopic (exact) mass is 338 g/mol. The second-order valence-electron chi connectivity index (χ2n) is 5.25. The van der Waals surface area contributed by atoms with Gasteiger partial charge in [0.25, 0.3) is 0 Å².